The van der Waals surface area contributed by atoms with Crippen molar-refractivity contribution in [2.45, 2.75) is 34.7 Å². The third kappa shape index (κ3) is 1.43. The number of aldehydes is 1. The number of sulfone groups is 2. The molecule has 0 unspecified atom stereocenters. The molecular weight excluding hydrogens is 268 g/mol. The highest BCUT2D eigenvalue weighted by Gasteiger charge is 2.74. The lowest BCUT2D eigenvalue weighted by Crippen LogP contribution is -2.74. The Bertz CT molecular complexity index is 534. The molecule has 17 heavy (non-hydrogen) atoms. The van der Waals surface area contributed by atoms with Crippen LogP contribution in [0.5, 0.6) is 0 Å². The number of rotatable bonds is 3. The van der Waals surface area contributed by atoms with Gasteiger partial charge in [-0.25, -0.2) is 16.8 Å². The predicted octanol–water partition coefficient (Wildman–Crippen LogP) is -0.708. The third-order valence-electron chi connectivity index (χ3n) is 3.58. The van der Waals surface area contributed by atoms with Crippen molar-refractivity contribution in [1.29, 1.82) is 0 Å². The van der Waals surface area contributed by atoms with Crippen molar-refractivity contribution in [2.75, 3.05) is 12.9 Å². The molecule has 0 saturated carbocycles. The van der Waals surface area contributed by atoms with Gasteiger partial charge in [0.05, 0.1) is 5.25 Å². The average molecular weight is 282 g/mol. The summed E-state index contributed by atoms with van der Waals surface area (Å²) in [6.45, 7) is 0.340. The summed E-state index contributed by atoms with van der Waals surface area (Å²) in [5.41, 5.74) is 0. The van der Waals surface area contributed by atoms with Crippen molar-refractivity contribution in [3.05, 3.63) is 0 Å². The summed E-state index contributed by atoms with van der Waals surface area (Å²) in [6.07, 6.45) is 0.760. The summed E-state index contributed by atoms with van der Waals surface area (Å²) in [4.78, 5) is 10.6. The topological polar surface area (TPSA) is 94.6 Å². The van der Waals surface area contributed by atoms with Crippen LogP contribution < -0.4 is 0 Å². The first-order valence-electron chi connectivity index (χ1n) is 5.27. The van der Waals surface area contributed by atoms with Gasteiger partial charge >= 0.3 is 0 Å². The molecule has 0 spiro atoms. The average Bonchev–Trinajstić information content (AvgIpc) is 2.24. The van der Waals surface area contributed by atoms with Crippen LogP contribution in [0.3, 0.4) is 0 Å². The molecule has 98 valence electrons. The molecule has 2 aliphatic heterocycles. The molecule has 0 N–H and O–H groups in total. The zero-order chi connectivity index (χ0) is 12.9. The van der Waals surface area contributed by atoms with Crippen molar-refractivity contribution in [2.24, 2.45) is 0 Å². The Morgan fingerprint density at radius 3 is 2.65 bits per heavy atom. The van der Waals surface area contributed by atoms with E-state index in [4.69, 9.17) is 4.74 Å². The van der Waals surface area contributed by atoms with Gasteiger partial charge in [-0.15, -0.1) is 0 Å². The normalized spacial score (nSPS) is 40.1. The maximum Gasteiger partial charge on any atom is 0.206 e. The molecule has 0 aromatic rings. The fourth-order valence-electron chi connectivity index (χ4n) is 2.75. The maximum atomic E-state index is 12.1. The van der Waals surface area contributed by atoms with Crippen LogP contribution in [-0.2, 0) is 29.2 Å². The van der Waals surface area contributed by atoms with E-state index < -0.39 is 41.5 Å². The van der Waals surface area contributed by atoms with Gasteiger partial charge in [0.2, 0.25) is 4.08 Å². The summed E-state index contributed by atoms with van der Waals surface area (Å²) in [5.74, 6) is 0. The number of carbonyl (C=O) groups is 1. The minimum atomic E-state index is -3.91. The molecule has 2 rings (SSSR count). The van der Waals surface area contributed by atoms with E-state index in [9.17, 15) is 21.6 Å². The van der Waals surface area contributed by atoms with Gasteiger partial charge in [0.1, 0.15) is 12.4 Å². The molecular formula is C9H14O6S2. The first kappa shape index (κ1) is 13.0. The second-order valence-corrected chi connectivity index (χ2v) is 9.43. The van der Waals surface area contributed by atoms with Gasteiger partial charge in [-0.2, -0.15) is 0 Å². The first-order chi connectivity index (χ1) is 7.79. The Morgan fingerprint density at radius 1 is 1.47 bits per heavy atom. The Balaban J connectivity index is 2.57. The molecule has 0 aliphatic carbocycles. The Labute approximate surface area is 100 Å². The highest BCUT2D eigenvalue weighted by molar-refractivity contribution is 8.11. The molecule has 2 saturated heterocycles. The van der Waals surface area contributed by atoms with Crippen LogP contribution in [0, 0.1) is 0 Å². The van der Waals surface area contributed by atoms with Gasteiger partial charge in [-0.1, -0.05) is 0 Å². The summed E-state index contributed by atoms with van der Waals surface area (Å²) in [5, 5.41) is -0.772. The SMILES string of the molecule is CS(=O)(=O)[C@]1(CC=O)[C@@H]2OCCC[C@@H]2S1(=O)=O. The quantitative estimate of drug-likeness (QED) is 0.635. The molecule has 2 aliphatic rings. The standard InChI is InChI=1S/C9H14O6S2/c1-16(11,12)9(4-5-10)8-7(17(9,13)14)3-2-6-15-8/h5,7-8H,2-4,6H2,1H3/t7-,8+,9-/m0/s1. The Morgan fingerprint density at radius 2 is 2.12 bits per heavy atom. The van der Waals surface area contributed by atoms with Crippen molar-refractivity contribution < 1.29 is 26.4 Å². The second kappa shape index (κ2) is 3.76. The smallest absolute Gasteiger partial charge is 0.206 e. The number of hydrogen-bond acceptors (Lipinski definition) is 6. The third-order valence-corrected chi connectivity index (χ3v) is 9.48. The van der Waals surface area contributed by atoms with Crippen LogP contribution in [0.4, 0.5) is 0 Å². The molecule has 0 aromatic heterocycles. The second-order valence-electron chi connectivity index (χ2n) is 4.47. The summed E-state index contributed by atoms with van der Waals surface area (Å²) in [6, 6.07) is 0. The highest BCUT2D eigenvalue weighted by atomic mass is 32.3. The summed E-state index contributed by atoms with van der Waals surface area (Å²) in [7, 11) is -7.76. The summed E-state index contributed by atoms with van der Waals surface area (Å²) >= 11 is 0. The number of carbonyl (C=O) groups excluding carboxylic acids is 1. The van der Waals surface area contributed by atoms with Crippen LogP contribution in [0.15, 0.2) is 0 Å². The van der Waals surface area contributed by atoms with Gasteiger partial charge < -0.3 is 9.53 Å². The fraction of sp³-hybridized carbons (Fsp3) is 0.889. The van der Waals surface area contributed by atoms with Gasteiger partial charge in [0.15, 0.2) is 19.7 Å². The van der Waals surface area contributed by atoms with E-state index in [1.165, 1.54) is 0 Å². The summed E-state index contributed by atoms with van der Waals surface area (Å²) < 4.78 is 51.0. The molecule has 2 fully saturated rings. The van der Waals surface area contributed by atoms with Crippen LogP contribution in [0.2, 0.25) is 0 Å². The monoisotopic (exact) mass is 282 g/mol. The van der Waals surface area contributed by atoms with Crippen LogP contribution in [-0.4, -0.2) is 51.4 Å². The molecule has 0 bridgehead atoms. The molecule has 2 heterocycles. The van der Waals surface area contributed by atoms with E-state index in [2.05, 4.69) is 0 Å². The lowest BCUT2D eigenvalue weighted by Gasteiger charge is -2.53. The number of ether oxygens (including phenoxy) is 1. The van der Waals surface area contributed by atoms with E-state index in [-0.39, 0.29) is 0 Å². The Hall–Kier alpha value is -0.470. The number of hydrogen-bond donors (Lipinski definition) is 0. The van der Waals surface area contributed by atoms with E-state index in [0.29, 0.717) is 25.7 Å². The van der Waals surface area contributed by atoms with Crippen molar-refractivity contribution >= 4 is 26.0 Å². The van der Waals surface area contributed by atoms with E-state index in [0.717, 1.165) is 6.26 Å². The minimum Gasteiger partial charge on any atom is -0.374 e. The van der Waals surface area contributed by atoms with Crippen molar-refractivity contribution in [3.63, 3.8) is 0 Å². The zero-order valence-corrected chi connectivity index (χ0v) is 11.0. The van der Waals surface area contributed by atoms with Gasteiger partial charge in [-0.3, -0.25) is 0 Å². The molecule has 0 amide bonds. The fourth-order valence-corrected chi connectivity index (χ4v) is 8.18. The minimum absolute atomic E-state index is 0.340. The zero-order valence-electron chi connectivity index (χ0n) is 9.33. The van der Waals surface area contributed by atoms with E-state index in [1.54, 1.807) is 0 Å². The molecule has 6 nitrogen and oxygen atoms in total. The molecule has 0 aromatic carbocycles. The van der Waals surface area contributed by atoms with E-state index in [1.807, 2.05) is 0 Å². The lowest BCUT2D eigenvalue weighted by molar-refractivity contribution is -0.109. The van der Waals surface area contributed by atoms with Crippen LogP contribution >= 0.6 is 0 Å². The number of fused-ring (bicyclic) bond motifs is 1. The van der Waals surface area contributed by atoms with Crippen molar-refractivity contribution in [1.82, 2.24) is 0 Å². The van der Waals surface area contributed by atoms with Gasteiger partial charge in [0.25, 0.3) is 0 Å². The lowest BCUT2D eigenvalue weighted by atomic mass is 10.0. The van der Waals surface area contributed by atoms with Crippen molar-refractivity contribution in [3.8, 4) is 0 Å². The van der Waals surface area contributed by atoms with Crippen LogP contribution in [0.1, 0.15) is 19.3 Å². The largest absolute Gasteiger partial charge is 0.374 e. The van der Waals surface area contributed by atoms with Gasteiger partial charge in [-0.05, 0) is 12.8 Å². The predicted molar refractivity (Wildman–Crippen MR) is 59.9 cm³/mol. The first-order valence-corrected chi connectivity index (χ1v) is 8.71. The van der Waals surface area contributed by atoms with Gasteiger partial charge in [0, 0.05) is 19.3 Å². The molecule has 3 atom stereocenters. The molecule has 0 radical (unpaired) electrons. The van der Waals surface area contributed by atoms with E-state index >= 15 is 0 Å². The molecule has 8 heteroatoms. The Kier molecular flexibility index (Phi) is 2.87. The van der Waals surface area contributed by atoms with Crippen LogP contribution in [0.25, 0.3) is 0 Å². The highest BCUT2D eigenvalue weighted by Crippen LogP contribution is 2.51. The maximum absolute atomic E-state index is 12.1.